The highest BCUT2D eigenvalue weighted by molar-refractivity contribution is 7.80. The Bertz CT molecular complexity index is 1280. The first-order valence-electron chi connectivity index (χ1n) is 8.21. The number of H-pyrrole nitrogens is 1. The monoisotopic (exact) mass is 338 g/mol. The van der Waals surface area contributed by atoms with Crippen LogP contribution >= 0.6 is 12.6 Å². The van der Waals surface area contributed by atoms with E-state index in [1.807, 2.05) is 24.4 Å². The van der Waals surface area contributed by atoms with Crippen LogP contribution in [0.2, 0.25) is 0 Å². The Morgan fingerprint density at radius 1 is 1.08 bits per heavy atom. The Balaban J connectivity index is 2.03. The first kappa shape index (κ1) is 14.4. The van der Waals surface area contributed by atoms with Gasteiger partial charge in [0.2, 0.25) is 0 Å². The first-order chi connectivity index (χ1) is 12.3. The molecular formula is C22H14N2S. The van der Waals surface area contributed by atoms with E-state index in [1.165, 1.54) is 10.8 Å². The molecule has 0 saturated carbocycles. The highest BCUT2D eigenvalue weighted by atomic mass is 32.1. The molecule has 2 nitrogen and oxygen atoms in total. The molecule has 5 rings (SSSR count). The summed E-state index contributed by atoms with van der Waals surface area (Å²) in [5.74, 6) is 6.46. The highest BCUT2D eigenvalue weighted by Gasteiger charge is 2.18. The van der Waals surface area contributed by atoms with Crippen LogP contribution in [0.1, 0.15) is 12.0 Å². The predicted octanol–water partition coefficient (Wildman–Crippen LogP) is 5.50. The maximum atomic E-state index is 4.89. The van der Waals surface area contributed by atoms with Crippen molar-refractivity contribution in [3.05, 3.63) is 66.4 Å². The summed E-state index contributed by atoms with van der Waals surface area (Å²) in [5, 5.41) is 3.49. The van der Waals surface area contributed by atoms with Crippen LogP contribution in [-0.4, -0.2) is 9.97 Å². The Morgan fingerprint density at radius 2 is 1.96 bits per heavy atom. The van der Waals surface area contributed by atoms with Gasteiger partial charge in [-0.25, -0.2) is 0 Å². The van der Waals surface area contributed by atoms with E-state index in [1.54, 1.807) is 0 Å². The van der Waals surface area contributed by atoms with E-state index < -0.39 is 0 Å². The van der Waals surface area contributed by atoms with Gasteiger partial charge < -0.3 is 4.98 Å². The molecule has 0 unspecified atom stereocenters. The summed E-state index contributed by atoms with van der Waals surface area (Å²) in [5.41, 5.74) is 5.05. The normalized spacial score (nSPS) is 13.7. The molecule has 0 saturated heterocycles. The summed E-state index contributed by atoms with van der Waals surface area (Å²) in [4.78, 5) is 9.12. The molecule has 0 bridgehead atoms. The fourth-order valence-corrected chi connectivity index (χ4v) is 3.92. The number of fused-ring (bicyclic) bond motifs is 5. The second-order valence-corrected chi connectivity index (χ2v) is 6.51. The number of benzene rings is 2. The minimum atomic E-state index is 0.766. The number of hydrogen-bond acceptors (Lipinski definition) is 2. The van der Waals surface area contributed by atoms with Gasteiger partial charge in [-0.3, -0.25) is 4.98 Å². The third-order valence-electron chi connectivity index (χ3n) is 4.60. The van der Waals surface area contributed by atoms with Crippen LogP contribution in [-0.2, 0) is 0 Å². The molecule has 0 fully saturated rings. The van der Waals surface area contributed by atoms with Crippen LogP contribution in [0.15, 0.2) is 65.7 Å². The number of aromatic amines is 1. The summed E-state index contributed by atoms with van der Waals surface area (Å²) in [7, 11) is 0. The SMILES string of the molecule is Sc1c(C2=CC=CCC#C2)c2ncccc2c2c1[nH]c1ccccc12. The Labute approximate surface area is 150 Å². The van der Waals surface area contributed by atoms with Crippen molar-refractivity contribution in [3.63, 3.8) is 0 Å². The van der Waals surface area contributed by atoms with Gasteiger partial charge >= 0.3 is 0 Å². The van der Waals surface area contributed by atoms with Crippen molar-refractivity contribution in [3.8, 4) is 11.8 Å². The lowest BCUT2D eigenvalue weighted by Crippen LogP contribution is -1.92. The lowest BCUT2D eigenvalue weighted by atomic mass is 9.98. The molecule has 2 heterocycles. The van der Waals surface area contributed by atoms with Gasteiger partial charge in [-0.2, -0.15) is 0 Å². The summed E-state index contributed by atoms with van der Waals surface area (Å²) in [6, 6.07) is 12.5. The predicted molar refractivity (Wildman–Crippen MR) is 108 cm³/mol. The second-order valence-electron chi connectivity index (χ2n) is 6.06. The Hall–Kier alpha value is -2.96. The molecule has 0 atom stereocenters. The maximum Gasteiger partial charge on any atom is 0.0805 e. The van der Waals surface area contributed by atoms with Gasteiger partial charge in [0.05, 0.1) is 11.0 Å². The van der Waals surface area contributed by atoms with Gasteiger partial charge in [0, 0.05) is 50.3 Å². The second kappa shape index (κ2) is 5.54. The van der Waals surface area contributed by atoms with E-state index in [-0.39, 0.29) is 0 Å². The Kier molecular flexibility index (Phi) is 3.19. The summed E-state index contributed by atoms with van der Waals surface area (Å²) in [6.07, 6.45) is 8.76. The number of nitrogens with one attached hydrogen (secondary N) is 1. The first-order valence-corrected chi connectivity index (χ1v) is 8.65. The van der Waals surface area contributed by atoms with Gasteiger partial charge in [-0.1, -0.05) is 48.3 Å². The van der Waals surface area contributed by atoms with E-state index in [2.05, 4.69) is 58.2 Å². The van der Waals surface area contributed by atoms with Gasteiger partial charge in [0.15, 0.2) is 0 Å². The molecule has 1 N–H and O–H groups in total. The number of rotatable bonds is 1. The quantitative estimate of drug-likeness (QED) is 0.348. The third kappa shape index (κ3) is 2.12. The van der Waals surface area contributed by atoms with Crippen LogP contribution in [0.25, 0.3) is 38.3 Å². The number of hydrogen-bond donors (Lipinski definition) is 2. The summed E-state index contributed by atoms with van der Waals surface area (Å²) in [6.45, 7) is 0. The zero-order valence-corrected chi connectivity index (χ0v) is 14.3. The lowest BCUT2D eigenvalue weighted by molar-refractivity contribution is 1.36. The molecule has 2 aromatic heterocycles. The summed E-state index contributed by atoms with van der Waals surface area (Å²) < 4.78 is 0. The number of para-hydroxylation sites is 1. The van der Waals surface area contributed by atoms with Gasteiger partial charge in [0.25, 0.3) is 0 Å². The fraction of sp³-hybridized carbons (Fsp3) is 0.0455. The third-order valence-corrected chi connectivity index (χ3v) is 5.05. The van der Waals surface area contributed by atoms with Crippen LogP contribution in [0, 0.1) is 11.8 Å². The number of allylic oxidation sites excluding steroid dienone is 4. The molecule has 0 radical (unpaired) electrons. The molecule has 0 amide bonds. The fourth-order valence-electron chi connectivity index (χ4n) is 3.52. The average molecular weight is 338 g/mol. The highest BCUT2D eigenvalue weighted by Crippen LogP contribution is 2.40. The average Bonchev–Trinajstić information content (AvgIpc) is 2.84. The van der Waals surface area contributed by atoms with Crippen LogP contribution in [0.3, 0.4) is 0 Å². The van der Waals surface area contributed by atoms with Crippen molar-refractivity contribution in [2.24, 2.45) is 0 Å². The van der Waals surface area contributed by atoms with Crippen LogP contribution in [0.4, 0.5) is 0 Å². The van der Waals surface area contributed by atoms with Crippen LogP contribution < -0.4 is 0 Å². The number of nitrogens with zero attached hydrogens (tertiary/aromatic N) is 1. The van der Waals surface area contributed by atoms with E-state index in [9.17, 15) is 0 Å². The van der Waals surface area contributed by atoms with E-state index >= 15 is 0 Å². The number of aromatic nitrogens is 2. The van der Waals surface area contributed by atoms with Crippen molar-refractivity contribution < 1.29 is 0 Å². The van der Waals surface area contributed by atoms with Gasteiger partial charge in [0.1, 0.15) is 0 Å². The Morgan fingerprint density at radius 3 is 2.92 bits per heavy atom. The molecular weight excluding hydrogens is 324 g/mol. The van der Waals surface area contributed by atoms with E-state index in [0.717, 1.165) is 44.4 Å². The van der Waals surface area contributed by atoms with Crippen molar-refractivity contribution in [2.75, 3.05) is 0 Å². The van der Waals surface area contributed by atoms with Gasteiger partial charge in [-0.05, 0) is 18.2 Å². The smallest absolute Gasteiger partial charge is 0.0805 e. The van der Waals surface area contributed by atoms with E-state index in [4.69, 9.17) is 12.6 Å². The molecule has 0 aliphatic heterocycles. The van der Waals surface area contributed by atoms with Crippen molar-refractivity contribution >= 4 is 50.9 Å². The molecule has 118 valence electrons. The van der Waals surface area contributed by atoms with E-state index in [0.29, 0.717) is 0 Å². The summed E-state index contributed by atoms with van der Waals surface area (Å²) >= 11 is 4.89. The van der Waals surface area contributed by atoms with Crippen molar-refractivity contribution in [1.82, 2.24) is 9.97 Å². The van der Waals surface area contributed by atoms with Gasteiger partial charge in [-0.15, -0.1) is 12.6 Å². The molecule has 1 aliphatic rings. The van der Waals surface area contributed by atoms with Crippen LogP contribution in [0.5, 0.6) is 0 Å². The van der Waals surface area contributed by atoms with Crippen molar-refractivity contribution in [2.45, 2.75) is 11.3 Å². The zero-order valence-electron chi connectivity index (χ0n) is 13.4. The zero-order chi connectivity index (χ0) is 16.8. The lowest BCUT2D eigenvalue weighted by Gasteiger charge is -2.11. The molecule has 2 aromatic carbocycles. The molecule has 25 heavy (non-hydrogen) atoms. The molecule has 4 aromatic rings. The topological polar surface area (TPSA) is 28.7 Å². The maximum absolute atomic E-state index is 4.89. The molecule has 0 spiro atoms. The standard InChI is InChI=1S/C22H14N2S/c25-22-18(14-8-3-1-2-4-9-14)20-16(11-7-13-23-20)19-15-10-5-6-12-17(15)24-21(19)22/h1,3,5-8,10-13,24-25H,2H2. The molecule has 1 aliphatic carbocycles. The minimum absolute atomic E-state index is 0.766. The number of thiol groups is 1. The number of pyridine rings is 1. The van der Waals surface area contributed by atoms with Crippen molar-refractivity contribution in [1.29, 1.82) is 0 Å². The largest absolute Gasteiger partial charge is 0.354 e. The minimum Gasteiger partial charge on any atom is -0.354 e. The molecule has 3 heteroatoms.